The third-order valence-corrected chi connectivity index (χ3v) is 2.98. The van der Waals surface area contributed by atoms with E-state index < -0.39 is 0 Å². The molecular formula is C12H18N2. The van der Waals surface area contributed by atoms with Crippen LogP contribution in [0.2, 0.25) is 0 Å². The van der Waals surface area contributed by atoms with E-state index in [1.807, 2.05) is 6.07 Å². The molecule has 2 rings (SSSR count). The average Bonchev–Trinajstić information content (AvgIpc) is 2.05. The van der Waals surface area contributed by atoms with Crippen LogP contribution in [0.3, 0.4) is 0 Å². The summed E-state index contributed by atoms with van der Waals surface area (Å²) in [5.41, 5.74) is 9.54. The number of hydrogen-bond acceptors (Lipinski definition) is 2. The number of rotatable bonds is 2. The number of benzene rings is 1. The monoisotopic (exact) mass is 190 g/mol. The Morgan fingerprint density at radius 3 is 2.64 bits per heavy atom. The van der Waals surface area contributed by atoms with Crippen LogP contribution in [0.1, 0.15) is 43.4 Å². The Morgan fingerprint density at radius 1 is 1.43 bits per heavy atom. The van der Waals surface area contributed by atoms with Crippen LogP contribution in [-0.4, -0.2) is 6.54 Å². The fourth-order valence-electron chi connectivity index (χ4n) is 1.81. The standard InChI is InChI=1S/C12H18N2/c1-8(2)9-3-4-11(13)10(7-9)12-5-6-14-12/h3-4,7-8,12,14H,5-6,13H2,1-2H3. The summed E-state index contributed by atoms with van der Waals surface area (Å²) < 4.78 is 0. The molecule has 1 aromatic rings. The fraction of sp³-hybridized carbons (Fsp3) is 0.500. The maximum Gasteiger partial charge on any atom is 0.0362 e. The Balaban J connectivity index is 2.31. The molecule has 3 N–H and O–H groups in total. The maximum atomic E-state index is 5.96. The molecule has 1 saturated heterocycles. The quantitative estimate of drug-likeness (QED) is 0.703. The molecular weight excluding hydrogens is 172 g/mol. The minimum Gasteiger partial charge on any atom is -0.398 e. The van der Waals surface area contributed by atoms with Crippen molar-refractivity contribution < 1.29 is 0 Å². The van der Waals surface area contributed by atoms with Gasteiger partial charge in [-0.1, -0.05) is 26.0 Å². The molecule has 1 unspecified atom stereocenters. The first-order chi connectivity index (χ1) is 6.68. The SMILES string of the molecule is CC(C)c1ccc(N)c(C2CCN2)c1. The Hall–Kier alpha value is -1.02. The summed E-state index contributed by atoms with van der Waals surface area (Å²) in [4.78, 5) is 0. The third-order valence-electron chi connectivity index (χ3n) is 2.98. The van der Waals surface area contributed by atoms with E-state index in [4.69, 9.17) is 5.73 Å². The van der Waals surface area contributed by atoms with E-state index in [1.54, 1.807) is 0 Å². The van der Waals surface area contributed by atoms with Gasteiger partial charge in [-0.25, -0.2) is 0 Å². The highest BCUT2D eigenvalue weighted by atomic mass is 15.0. The summed E-state index contributed by atoms with van der Waals surface area (Å²) in [6, 6.07) is 6.90. The van der Waals surface area contributed by atoms with Gasteiger partial charge in [0.25, 0.3) is 0 Å². The molecule has 14 heavy (non-hydrogen) atoms. The molecule has 0 aliphatic carbocycles. The molecule has 0 saturated carbocycles. The molecule has 1 fully saturated rings. The molecule has 2 nitrogen and oxygen atoms in total. The Bertz CT molecular complexity index is 327. The molecule has 0 amide bonds. The van der Waals surface area contributed by atoms with E-state index >= 15 is 0 Å². The molecule has 1 atom stereocenters. The molecule has 1 aliphatic rings. The second kappa shape index (κ2) is 3.62. The summed E-state index contributed by atoms with van der Waals surface area (Å²) >= 11 is 0. The zero-order chi connectivity index (χ0) is 10.1. The first-order valence-corrected chi connectivity index (χ1v) is 5.31. The highest BCUT2D eigenvalue weighted by Crippen LogP contribution is 2.30. The zero-order valence-electron chi connectivity index (χ0n) is 8.88. The van der Waals surface area contributed by atoms with Crippen LogP contribution < -0.4 is 11.1 Å². The van der Waals surface area contributed by atoms with Crippen molar-refractivity contribution >= 4 is 5.69 Å². The lowest BCUT2D eigenvalue weighted by atomic mass is 9.92. The lowest BCUT2D eigenvalue weighted by Gasteiger charge is -2.29. The highest BCUT2D eigenvalue weighted by molar-refractivity contribution is 5.51. The van der Waals surface area contributed by atoms with E-state index in [1.165, 1.54) is 17.5 Å². The predicted octanol–water partition coefficient (Wildman–Crippen LogP) is 2.43. The van der Waals surface area contributed by atoms with Crippen molar-refractivity contribution in [1.82, 2.24) is 5.32 Å². The minimum absolute atomic E-state index is 0.494. The molecule has 0 bridgehead atoms. The van der Waals surface area contributed by atoms with Crippen molar-refractivity contribution in [1.29, 1.82) is 0 Å². The van der Waals surface area contributed by atoms with Crippen molar-refractivity contribution in [2.75, 3.05) is 12.3 Å². The predicted molar refractivity (Wildman–Crippen MR) is 60.3 cm³/mol. The van der Waals surface area contributed by atoms with Crippen LogP contribution in [0.5, 0.6) is 0 Å². The van der Waals surface area contributed by atoms with Gasteiger partial charge < -0.3 is 11.1 Å². The van der Waals surface area contributed by atoms with Gasteiger partial charge in [-0.05, 0) is 36.1 Å². The lowest BCUT2D eigenvalue weighted by molar-refractivity contribution is 0.384. The molecule has 1 aliphatic heterocycles. The van der Waals surface area contributed by atoms with Crippen molar-refractivity contribution in [3.8, 4) is 0 Å². The van der Waals surface area contributed by atoms with Gasteiger partial charge in [0, 0.05) is 11.7 Å². The van der Waals surface area contributed by atoms with Crippen LogP contribution >= 0.6 is 0 Å². The van der Waals surface area contributed by atoms with Crippen LogP contribution in [0.15, 0.2) is 18.2 Å². The topological polar surface area (TPSA) is 38.0 Å². The number of nitrogens with one attached hydrogen (secondary N) is 1. The van der Waals surface area contributed by atoms with E-state index in [0.29, 0.717) is 12.0 Å². The summed E-state index contributed by atoms with van der Waals surface area (Å²) in [6.07, 6.45) is 1.21. The maximum absolute atomic E-state index is 5.96. The Labute approximate surface area is 85.5 Å². The van der Waals surface area contributed by atoms with Gasteiger partial charge in [0.05, 0.1) is 0 Å². The molecule has 76 valence electrons. The van der Waals surface area contributed by atoms with E-state index in [0.717, 1.165) is 12.2 Å². The summed E-state index contributed by atoms with van der Waals surface area (Å²) in [5.74, 6) is 0.578. The smallest absolute Gasteiger partial charge is 0.0362 e. The van der Waals surface area contributed by atoms with Gasteiger partial charge in [-0.15, -0.1) is 0 Å². The van der Waals surface area contributed by atoms with Crippen LogP contribution in [0.4, 0.5) is 5.69 Å². The molecule has 2 heteroatoms. The number of anilines is 1. The second-order valence-electron chi connectivity index (χ2n) is 4.34. The van der Waals surface area contributed by atoms with Crippen LogP contribution in [-0.2, 0) is 0 Å². The average molecular weight is 190 g/mol. The first kappa shape index (κ1) is 9.53. The lowest BCUT2D eigenvalue weighted by Crippen LogP contribution is -2.35. The Morgan fingerprint density at radius 2 is 2.14 bits per heavy atom. The third kappa shape index (κ3) is 1.62. The summed E-state index contributed by atoms with van der Waals surface area (Å²) in [6.45, 7) is 5.54. The second-order valence-corrected chi connectivity index (χ2v) is 4.34. The van der Waals surface area contributed by atoms with E-state index in [9.17, 15) is 0 Å². The fourth-order valence-corrected chi connectivity index (χ4v) is 1.81. The highest BCUT2D eigenvalue weighted by Gasteiger charge is 2.20. The molecule has 0 spiro atoms. The Kier molecular flexibility index (Phi) is 2.46. The van der Waals surface area contributed by atoms with Gasteiger partial charge in [0.15, 0.2) is 0 Å². The van der Waals surface area contributed by atoms with Crippen molar-refractivity contribution in [2.24, 2.45) is 0 Å². The van der Waals surface area contributed by atoms with Gasteiger partial charge >= 0.3 is 0 Å². The van der Waals surface area contributed by atoms with Crippen molar-refractivity contribution in [2.45, 2.75) is 32.2 Å². The molecule has 1 aromatic carbocycles. The van der Waals surface area contributed by atoms with Crippen molar-refractivity contribution in [3.05, 3.63) is 29.3 Å². The zero-order valence-corrected chi connectivity index (χ0v) is 8.88. The van der Waals surface area contributed by atoms with Crippen LogP contribution in [0, 0.1) is 0 Å². The van der Waals surface area contributed by atoms with E-state index in [-0.39, 0.29) is 0 Å². The molecule has 0 aromatic heterocycles. The van der Waals surface area contributed by atoms with Gasteiger partial charge in [0.2, 0.25) is 0 Å². The molecule has 1 heterocycles. The number of nitrogen functional groups attached to an aromatic ring is 1. The van der Waals surface area contributed by atoms with E-state index in [2.05, 4.69) is 31.3 Å². The van der Waals surface area contributed by atoms with Gasteiger partial charge in [0.1, 0.15) is 0 Å². The minimum atomic E-state index is 0.494. The molecule has 0 radical (unpaired) electrons. The van der Waals surface area contributed by atoms with Crippen molar-refractivity contribution in [3.63, 3.8) is 0 Å². The van der Waals surface area contributed by atoms with Gasteiger partial charge in [-0.3, -0.25) is 0 Å². The normalized spacial score (nSPS) is 20.9. The van der Waals surface area contributed by atoms with Gasteiger partial charge in [-0.2, -0.15) is 0 Å². The first-order valence-electron chi connectivity index (χ1n) is 5.31. The largest absolute Gasteiger partial charge is 0.398 e. The van der Waals surface area contributed by atoms with Crippen LogP contribution in [0.25, 0.3) is 0 Å². The number of hydrogen-bond donors (Lipinski definition) is 2. The summed E-state index contributed by atoms with van der Waals surface area (Å²) in [5, 5.41) is 3.39. The summed E-state index contributed by atoms with van der Waals surface area (Å²) in [7, 11) is 0. The number of nitrogens with two attached hydrogens (primary N) is 1.